The zero-order valence-electron chi connectivity index (χ0n) is 18.7. The minimum Gasteiger partial charge on any atom is -0.374 e. The molecule has 0 radical (unpaired) electrons. The molecule has 31 heavy (non-hydrogen) atoms. The molecule has 0 fully saturated rings. The third kappa shape index (κ3) is 7.26. The van der Waals surface area contributed by atoms with Crippen molar-refractivity contribution in [3.63, 3.8) is 0 Å². The number of aliphatic imine (C=N–C) groups is 1. The molecule has 2 aromatic carbocycles. The number of aromatic nitrogens is 2. The Labute approximate surface area is 185 Å². The Balaban J connectivity index is 1.37. The second-order valence-corrected chi connectivity index (χ2v) is 7.55. The molecular weight excluding hydrogens is 386 g/mol. The van der Waals surface area contributed by atoms with Crippen LogP contribution in [0.25, 0.3) is 0 Å². The average molecular weight is 420 g/mol. The van der Waals surface area contributed by atoms with Gasteiger partial charge < -0.3 is 19.9 Å². The van der Waals surface area contributed by atoms with Gasteiger partial charge in [0.25, 0.3) is 0 Å². The van der Waals surface area contributed by atoms with Crippen molar-refractivity contribution in [2.45, 2.75) is 39.5 Å². The van der Waals surface area contributed by atoms with Crippen molar-refractivity contribution in [1.29, 1.82) is 0 Å². The highest BCUT2D eigenvalue weighted by Crippen LogP contribution is 2.15. The van der Waals surface area contributed by atoms with Gasteiger partial charge in [0.05, 0.1) is 6.10 Å². The molecule has 1 aromatic heterocycles. The second-order valence-electron chi connectivity index (χ2n) is 7.55. The van der Waals surface area contributed by atoms with E-state index in [1.165, 1.54) is 16.7 Å². The van der Waals surface area contributed by atoms with Crippen LogP contribution in [0.2, 0.25) is 0 Å². The van der Waals surface area contributed by atoms with Crippen LogP contribution in [0.1, 0.15) is 42.0 Å². The van der Waals surface area contributed by atoms with Gasteiger partial charge in [-0.05, 0) is 37.0 Å². The van der Waals surface area contributed by atoms with E-state index in [9.17, 15) is 0 Å². The van der Waals surface area contributed by atoms with Crippen LogP contribution < -0.4 is 10.6 Å². The van der Waals surface area contributed by atoms with E-state index in [4.69, 9.17) is 4.74 Å². The highest BCUT2D eigenvalue weighted by molar-refractivity contribution is 5.79. The number of guanidine groups is 1. The van der Waals surface area contributed by atoms with Gasteiger partial charge in [0, 0.05) is 45.7 Å². The van der Waals surface area contributed by atoms with Crippen molar-refractivity contribution in [2.24, 2.45) is 4.99 Å². The van der Waals surface area contributed by atoms with Crippen LogP contribution in [0.4, 0.5) is 0 Å². The van der Waals surface area contributed by atoms with E-state index in [-0.39, 0.29) is 6.10 Å². The van der Waals surface area contributed by atoms with Gasteiger partial charge in [0.1, 0.15) is 5.82 Å². The molecule has 164 valence electrons. The Bertz CT molecular complexity index is 951. The van der Waals surface area contributed by atoms with Crippen LogP contribution >= 0.6 is 0 Å². The maximum atomic E-state index is 5.93. The molecule has 3 aromatic rings. The molecule has 0 saturated heterocycles. The van der Waals surface area contributed by atoms with E-state index in [0.717, 1.165) is 37.8 Å². The first kappa shape index (κ1) is 22.6. The Kier molecular flexibility index (Phi) is 8.67. The van der Waals surface area contributed by atoms with Crippen molar-refractivity contribution < 1.29 is 4.74 Å². The summed E-state index contributed by atoms with van der Waals surface area (Å²) in [6.07, 6.45) is 4.87. The minimum atomic E-state index is 0.108. The Morgan fingerprint density at radius 3 is 2.65 bits per heavy atom. The molecule has 3 rings (SSSR count). The van der Waals surface area contributed by atoms with Crippen LogP contribution in [-0.2, 0) is 17.8 Å². The van der Waals surface area contributed by atoms with Crippen molar-refractivity contribution in [3.05, 3.63) is 89.5 Å². The van der Waals surface area contributed by atoms with Gasteiger partial charge in [0.2, 0.25) is 0 Å². The van der Waals surface area contributed by atoms with Crippen LogP contribution in [0.5, 0.6) is 0 Å². The number of imidazole rings is 1. The molecule has 1 atom stereocenters. The molecule has 1 heterocycles. The summed E-state index contributed by atoms with van der Waals surface area (Å²) in [5, 5.41) is 6.75. The first-order valence-electron chi connectivity index (χ1n) is 10.8. The number of hydrogen-bond donors (Lipinski definition) is 2. The van der Waals surface area contributed by atoms with Crippen LogP contribution in [0.3, 0.4) is 0 Å². The van der Waals surface area contributed by atoms with Gasteiger partial charge in [-0.2, -0.15) is 0 Å². The lowest BCUT2D eigenvalue weighted by Gasteiger charge is -2.15. The highest BCUT2D eigenvalue weighted by Gasteiger charge is 2.05. The third-order valence-corrected chi connectivity index (χ3v) is 5.20. The van der Waals surface area contributed by atoms with Gasteiger partial charge in [-0.25, -0.2) is 4.98 Å². The van der Waals surface area contributed by atoms with Crippen molar-refractivity contribution in [2.75, 3.05) is 20.2 Å². The predicted molar refractivity (Wildman–Crippen MR) is 126 cm³/mol. The molecule has 0 bridgehead atoms. The Morgan fingerprint density at radius 1 is 1.10 bits per heavy atom. The van der Waals surface area contributed by atoms with Crippen LogP contribution in [0, 0.1) is 6.92 Å². The average Bonchev–Trinajstić information content (AvgIpc) is 3.20. The Hall–Kier alpha value is -3.12. The van der Waals surface area contributed by atoms with Crippen LogP contribution in [-0.4, -0.2) is 35.7 Å². The van der Waals surface area contributed by atoms with E-state index in [0.29, 0.717) is 6.61 Å². The van der Waals surface area contributed by atoms with E-state index in [1.807, 2.05) is 37.5 Å². The molecular formula is C25H33N5O. The molecule has 0 aliphatic carbocycles. The SMILES string of the molecule is CN=C(NCCCOC(C)c1ccccc1)NCc1cccc(Cn2ccnc2C)c1. The maximum absolute atomic E-state index is 5.93. The molecule has 0 spiro atoms. The summed E-state index contributed by atoms with van der Waals surface area (Å²) in [4.78, 5) is 8.61. The zero-order chi connectivity index (χ0) is 21.9. The topological polar surface area (TPSA) is 63.5 Å². The zero-order valence-corrected chi connectivity index (χ0v) is 18.7. The van der Waals surface area contributed by atoms with Gasteiger partial charge >= 0.3 is 0 Å². The summed E-state index contributed by atoms with van der Waals surface area (Å²) in [6.45, 7) is 7.17. The smallest absolute Gasteiger partial charge is 0.191 e. The number of aryl methyl sites for hydroxylation is 1. The van der Waals surface area contributed by atoms with Gasteiger partial charge in [-0.3, -0.25) is 4.99 Å². The standard InChI is InChI=1S/C25H33N5O/c1-20(24-11-5-4-6-12-24)31-16-8-13-28-25(26-3)29-18-22-9-7-10-23(17-22)19-30-15-14-27-21(30)2/h4-7,9-12,14-15,17,20H,8,13,16,18-19H2,1-3H3,(H2,26,28,29). The van der Waals surface area contributed by atoms with Crippen molar-refractivity contribution in [1.82, 2.24) is 20.2 Å². The van der Waals surface area contributed by atoms with Gasteiger partial charge in [0.15, 0.2) is 5.96 Å². The molecule has 0 aliphatic rings. The number of benzene rings is 2. The van der Waals surface area contributed by atoms with E-state index in [2.05, 4.69) is 68.5 Å². The molecule has 6 nitrogen and oxygen atoms in total. The van der Waals surface area contributed by atoms with Gasteiger partial charge in [-0.1, -0.05) is 54.6 Å². The maximum Gasteiger partial charge on any atom is 0.191 e. The quantitative estimate of drug-likeness (QED) is 0.295. The van der Waals surface area contributed by atoms with E-state index in [1.54, 1.807) is 7.05 Å². The summed E-state index contributed by atoms with van der Waals surface area (Å²) in [6, 6.07) is 18.9. The minimum absolute atomic E-state index is 0.108. The fraction of sp³-hybridized carbons (Fsp3) is 0.360. The number of hydrogen-bond acceptors (Lipinski definition) is 3. The number of nitrogens with one attached hydrogen (secondary N) is 2. The van der Waals surface area contributed by atoms with E-state index < -0.39 is 0 Å². The summed E-state index contributed by atoms with van der Waals surface area (Å²) < 4.78 is 8.08. The third-order valence-electron chi connectivity index (χ3n) is 5.20. The molecule has 1 unspecified atom stereocenters. The van der Waals surface area contributed by atoms with Crippen LogP contribution in [0.15, 0.2) is 72.0 Å². The first-order valence-corrected chi connectivity index (χ1v) is 10.8. The first-order chi connectivity index (χ1) is 15.2. The normalized spacial score (nSPS) is 12.5. The monoisotopic (exact) mass is 419 g/mol. The molecule has 2 N–H and O–H groups in total. The number of rotatable bonds is 10. The lowest BCUT2D eigenvalue weighted by atomic mass is 10.1. The largest absolute Gasteiger partial charge is 0.374 e. The van der Waals surface area contributed by atoms with E-state index >= 15 is 0 Å². The number of nitrogens with zero attached hydrogens (tertiary/aromatic N) is 3. The molecule has 0 saturated carbocycles. The predicted octanol–water partition coefficient (Wildman–Crippen LogP) is 4.07. The second kappa shape index (κ2) is 11.9. The lowest BCUT2D eigenvalue weighted by Crippen LogP contribution is -2.37. The summed E-state index contributed by atoms with van der Waals surface area (Å²) >= 11 is 0. The molecule has 0 amide bonds. The fourth-order valence-corrected chi connectivity index (χ4v) is 3.37. The molecule has 6 heteroatoms. The summed E-state index contributed by atoms with van der Waals surface area (Å²) in [5.74, 6) is 1.82. The summed E-state index contributed by atoms with van der Waals surface area (Å²) in [5.41, 5.74) is 3.68. The fourth-order valence-electron chi connectivity index (χ4n) is 3.37. The summed E-state index contributed by atoms with van der Waals surface area (Å²) in [7, 11) is 1.79. The number of ether oxygens (including phenoxy) is 1. The lowest BCUT2D eigenvalue weighted by molar-refractivity contribution is 0.0646. The van der Waals surface area contributed by atoms with Crippen molar-refractivity contribution in [3.8, 4) is 0 Å². The van der Waals surface area contributed by atoms with Crippen molar-refractivity contribution >= 4 is 5.96 Å². The Morgan fingerprint density at radius 2 is 1.90 bits per heavy atom. The molecule has 0 aliphatic heterocycles. The van der Waals surface area contributed by atoms with Gasteiger partial charge in [-0.15, -0.1) is 0 Å². The highest BCUT2D eigenvalue weighted by atomic mass is 16.5.